The van der Waals surface area contributed by atoms with Crippen LogP contribution in [0.3, 0.4) is 0 Å². The van der Waals surface area contributed by atoms with Crippen LogP contribution in [0.1, 0.15) is 10.4 Å². The van der Waals surface area contributed by atoms with Gasteiger partial charge in [-0.2, -0.15) is 0 Å². The molecule has 0 saturated heterocycles. The van der Waals surface area contributed by atoms with Crippen LogP contribution in [0, 0.1) is 0 Å². The van der Waals surface area contributed by atoms with Crippen LogP contribution in [-0.4, -0.2) is 43.1 Å². The molecule has 7 heteroatoms. The molecule has 1 N–H and O–H groups in total. The van der Waals surface area contributed by atoms with Gasteiger partial charge < -0.3 is 4.98 Å². The molecule has 0 aliphatic heterocycles. The minimum absolute atomic E-state index is 0.148. The first-order valence-electron chi connectivity index (χ1n) is 6.89. The summed E-state index contributed by atoms with van der Waals surface area (Å²) in [6, 6.07) is 8.32. The molecule has 0 aliphatic carbocycles. The molecule has 0 amide bonds. The van der Waals surface area contributed by atoms with E-state index in [1.807, 2.05) is 6.07 Å². The van der Waals surface area contributed by atoms with E-state index in [1.54, 1.807) is 24.5 Å². The first-order valence-corrected chi connectivity index (χ1v) is 8.33. The first-order chi connectivity index (χ1) is 10.9. The minimum Gasteiger partial charge on any atom is -0.354 e. The Kier molecular flexibility index (Phi) is 3.75. The number of sulfonamides is 1. The maximum Gasteiger partial charge on any atom is 0.242 e. The van der Waals surface area contributed by atoms with Gasteiger partial charge in [0.05, 0.1) is 10.6 Å². The summed E-state index contributed by atoms with van der Waals surface area (Å²) in [5.74, 6) is 0. The van der Waals surface area contributed by atoms with Crippen molar-refractivity contribution in [2.45, 2.75) is 4.90 Å². The highest BCUT2D eigenvalue weighted by Gasteiger charge is 2.20. The minimum atomic E-state index is -3.56. The lowest BCUT2D eigenvalue weighted by Gasteiger charge is -2.11. The third kappa shape index (κ3) is 2.54. The summed E-state index contributed by atoms with van der Waals surface area (Å²) >= 11 is 0. The number of fused-ring (bicyclic) bond motifs is 1. The van der Waals surface area contributed by atoms with Crippen molar-refractivity contribution in [2.24, 2.45) is 0 Å². The average Bonchev–Trinajstić information content (AvgIpc) is 2.93. The Labute approximate surface area is 133 Å². The van der Waals surface area contributed by atoms with Crippen LogP contribution in [-0.2, 0) is 10.0 Å². The summed E-state index contributed by atoms with van der Waals surface area (Å²) in [6.07, 6.45) is 4.02. The third-order valence-corrected chi connectivity index (χ3v) is 5.47. The lowest BCUT2D eigenvalue weighted by Crippen LogP contribution is -2.22. The number of pyridine rings is 1. The zero-order valence-corrected chi connectivity index (χ0v) is 13.5. The lowest BCUT2D eigenvalue weighted by atomic mass is 10.1. The van der Waals surface area contributed by atoms with E-state index in [0.717, 1.165) is 16.2 Å². The summed E-state index contributed by atoms with van der Waals surface area (Å²) in [6.45, 7) is 0. The molecule has 6 nitrogen and oxygen atoms in total. The number of carbonyl (C=O) groups is 1. The van der Waals surface area contributed by atoms with E-state index in [2.05, 4.69) is 9.97 Å². The second kappa shape index (κ2) is 5.60. The van der Waals surface area contributed by atoms with Gasteiger partial charge in [0.25, 0.3) is 0 Å². The van der Waals surface area contributed by atoms with Gasteiger partial charge >= 0.3 is 0 Å². The Morgan fingerprint density at radius 3 is 2.61 bits per heavy atom. The molecule has 0 bridgehead atoms. The van der Waals surface area contributed by atoms with Gasteiger partial charge in [0.1, 0.15) is 0 Å². The fraction of sp³-hybridized carbons (Fsp3) is 0.125. The highest BCUT2D eigenvalue weighted by Crippen LogP contribution is 2.30. The Balaban J connectivity index is 2.27. The van der Waals surface area contributed by atoms with Crippen LogP contribution >= 0.6 is 0 Å². The molecule has 118 valence electrons. The van der Waals surface area contributed by atoms with E-state index in [9.17, 15) is 13.2 Å². The van der Waals surface area contributed by atoms with E-state index < -0.39 is 10.0 Å². The van der Waals surface area contributed by atoms with E-state index in [0.29, 0.717) is 22.2 Å². The van der Waals surface area contributed by atoms with Crippen molar-refractivity contribution in [3.8, 4) is 11.3 Å². The first kappa shape index (κ1) is 15.4. The van der Waals surface area contributed by atoms with Gasteiger partial charge in [0.15, 0.2) is 6.29 Å². The van der Waals surface area contributed by atoms with E-state index >= 15 is 0 Å². The smallest absolute Gasteiger partial charge is 0.242 e. The largest absolute Gasteiger partial charge is 0.354 e. The molecular weight excluding hydrogens is 314 g/mol. The van der Waals surface area contributed by atoms with Gasteiger partial charge in [-0.25, -0.2) is 12.7 Å². The van der Waals surface area contributed by atoms with Gasteiger partial charge in [0.2, 0.25) is 10.0 Å². The number of H-pyrrole nitrogens is 1. The maximum atomic E-state index is 12.3. The van der Waals surface area contributed by atoms with Gasteiger partial charge in [-0.3, -0.25) is 9.78 Å². The SMILES string of the molecule is CN(C)S(=O)(=O)c1ccc2[nH]c(-c3cccnc3)c(C=O)c2c1. The number of benzene rings is 1. The van der Waals surface area contributed by atoms with Crippen molar-refractivity contribution in [2.75, 3.05) is 14.1 Å². The van der Waals surface area contributed by atoms with Crippen molar-refractivity contribution in [1.29, 1.82) is 0 Å². The second-order valence-electron chi connectivity index (χ2n) is 5.27. The lowest BCUT2D eigenvalue weighted by molar-refractivity contribution is 0.112. The molecule has 0 atom stereocenters. The Morgan fingerprint density at radius 2 is 2.00 bits per heavy atom. The number of nitrogens with zero attached hydrogens (tertiary/aromatic N) is 2. The van der Waals surface area contributed by atoms with Crippen LogP contribution in [0.15, 0.2) is 47.6 Å². The Hall–Kier alpha value is -2.51. The number of rotatable bonds is 4. The fourth-order valence-corrected chi connectivity index (χ4v) is 3.35. The molecule has 1 aromatic carbocycles. The average molecular weight is 329 g/mol. The molecule has 23 heavy (non-hydrogen) atoms. The molecule has 3 rings (SSSR count). The van der Waals surface area contributed by atoms with Crippen molar-refractivity contribution in [3.05, 3.63) is 48.3 Å². The third-order valence-electron chi connectivity index (χ3n) is 3.66. The summed E-state index contributed by atoms with van der Waals surface area (Å²) in [5.41, 5.74) is 2.51. The standard InChI is InChI=1S/C16H15N3O3S/c1-19(2)23(21,22)12-5-6-15-13(8-12)14(10-20)16(18-15)11-4-3-7-17-9-11/h3-10,18H,1-2H3. The van der Waals surface area contributed by atoms with Crippen LogP contribution in [0.25, 0.3) is 22.2 Å². The number of aromatic amines is 1. The predicted molar refractivity (Wildman–Crippen MR) is 87.8 cm³/mol. The molecular formula is C16H15N3O3S. The highest BCUT2D eigenvalue weighted by atomic mass is 32.2. The predicted octanol–water partition coefficient (Wildman–Crippen LogP) is 2.29. The zero-order chi connectivity index (χ0) is 16.6. The zero-order valence-electron chi connectivity index (χ0n) is 12.6. The molecule has 0 saturated carbocycles. The van der Waals surface area contributed by atoms with E-state index in [-0.39, 0.29) is 4.90 Å². The number of aromatic nitrogens is 2. The second-order valence-corrected chi connectivity index (χ2v) is 7.42. The molecule has 0 unspecified atom stereocenters. The Morgan fingerprint density at radius 1 is 1.22 bits per heavy atom. The van der Waals surface area contributed by atoms with E-state index in [1.165, 1.54) is 26.2 Å². The highest BCUT2D eigenvalue weighted by molar-refractivity contribution is 7.89. The van der Waals surface area contributed by atoms with Crippen LogP contribution in [0.4, 0.5) is 0 Å². The molecule has 0 fully saturated rings. The molecule has 2 aromatic heterocycles. The summed E-state index contributed by atoms with van der Waals surface area (Å²) in [7, 11) is -0.616. The number of hydrogen-bond donors (Lipinski definition) is 1. The van der Waals surface area contributed by atoms with Crippen LogP contribution < -0.4 is 0 Å². The van der Waals surface area contributed by atoms with Gasteiger partial charge in [-0.05, 0) is 30.3 Å². The van der Waals surface area contributed by atoms with Crippen LogP contribution in [0.5, 0.6) is 0 Å². The van der Waals surface area contributed by atoms with Crippen molar-refractivity contribution < 1.29 is 13.2 Å². The number of nitrogens with one attached hydrogen (secondary N) is 1. The fourth-order valence-electron chi connectivity index (χ4n) is 2.42. The van der Waals surface area contributed by atoms with Gasteiger partial charge in [-0.15, -0.1) is 0 Å². The summed E-state index contributed by atoms with van der Waals surface area (Å²) in [4.78, 5) is 18.9. The summed E-state index contributed by atoms with van der Waals surface area (Å²) < 4.78 is 25.7. The molecule has 3 aromatic rings. The molecule has 0 radical (unpaired) electrons. The van der Waals surface area contributed by atoms with Crippen molar-refractivity contribution >= 4 is 27.2 Å². The molecule has 2 heterocycles. The van der Waals surface area contributed by atoms with Gasteiger partial charge in [-0.1, -0.05) is 0 Å². The van der Waals surface area contributed by atoms with Crippen molar-refractivity contribution in [1.82, 2.24) is 14.3 Å². The number of aldehydes is 1. The summed E-state index contributed by atoms with van der Waals surface area (Å²) in [5, 5.41) is 0.571. The monoisotopic (exact) mass is 329 g/mol. The molecule has 0 spiro atoms. The van der Waals surface area contributed by atoms with Gasteiger partial charge in [0, 0.05) is 48.5 Å². The van der Waals surface area contributed by atoms with E-state index in [4.69, 9.17) is 0 Å². The maximum absolute atomic E-state index is 12.3. The Bertz CT molecular complexity index is 976. The topological polar surface area (TPSA) is 83.1 Å². The molecule has 0 aliphatic rings. The van der Waals surface area contributed by atoms with Crippen LogP contribution in [0.2, 0.25) is 0 Å². The quantitative estimate of drug-likeness (QED) is 0.745. The van der Waals surface area contributed by atoms with Crippen molar-refractivity contribution in [3.63, 3.8) is 0 Å². The normalized spacial score (nSPS) is 12.0. The number of carbonyl (C=O) groups excluding carboxylic acids is 1. The number of hydrogen-bond acceptors (Lipinski definition) is 4.